The number of esters is 1. The third-order valence-electron chi connectivity index (χ3n) is 16.2. The third-order valence-corrected chi connectivity index (χ3v) is 16.2. The van der Waals surface area contributed by atoms with Crippen molar-refractivity contribution in [2.24, 2.45) is 34.5 Å². The summed E-state index contributed by atoms with van der Waals surface area (Å²) in [5.74, 6) is 0.223. The fourth-order valence-corrected chi connectivity index (χ4v) is 13.1. The van der Waals surface area contributed by atoms with Crippen LogP contribution in [0.4, 0.5) is 0 Å². The van der Waals surface area contributed by atoms with Gasteiger partial charge in [-0.1, -0.05) is 13.8 Å². The lowest BCUT2D eigenvalue weighted by Gasteiger charge is -2.65. The van der Waals surface area contributed by atoms with E-state index in [0.29, 0.717) is 18.8 Å². The summed E-state index contributed by atoms with van der Waals surface area (Å²) in [6.07, 6.45) is -0.0154. The first-order chi connectivity index (χ1) is 26.5. The van der Waals surface area contributed by atoms with Gasteiger partial charge in [0.05, 0.1) is 54.4 Å². The predicted molar refractivity (Wildman–Crippen MR) is 197 cm³/mol. The van der Waals surface area contributed by atoms with Gasteiger partial charge >= 0.3 is 5.97 Å². The minimum absolute atomic E-state index is 0.0386. The average molecular weight is 795 g/mol. The van der Waals surface area contributed by atoms with Gasteiger partial charge in [-0.15, -0.1) is 0 Å². The number of hydrogen-bond acceptors (Lipinski definition) is 14. The van der Waals surface area contributed by atoms with Crippen LogP contribution < -0.4 is 0 Å². The van der Waals surface area contributed by atoms with Crippen molar-refractivity contribution in [3.05, 3.63) is 11.6 Å². The van der Waals surface area contributed by atoms with E-state index in [1.165, 1.54) is 7.11 Å². The van der Waals surface area contributed by atoms with Crippen LogP contribution >= 0.6 is 0 Å². The highest BCUT2D eigenvalue weighted by atomic mass is 16.7. The lowest BCUT2D eigenvalue weighted by atomic mass is 9.42. The maximum absolute atomic E-state index is 12.6. The molecule has 3 saturated heterocycles. The van der Waals surface area contributed by atoms with E-state index in [1.807, 2.05) is 20.8 Å². The van der Waals surface area contributed by atoms with Crippen LogP contribution in [0.1, 0.15) is 105 Å². The third kappa shape index (κ3) is 7.02. The first-order valence-corrected chi connectivity index (χ1v) is 21.3. The van der Waals surface area contributed by atoms with E-state index in [-0.39, 0.29) is 67.2 Å². The molecule has 14 heteroatoms. The molecule has 56 heavy (non-hydrogen) atoms. The summed E-state index contributed by atoms with van der Waals surface area (Å²) in [6, 6.07) is 0. The molecule has 5 N–H and O–H groups in total. The summed E-state index contributed by atoms with van der Waals surface area (Å²) >= 11 is 0. The Morgan fingerprint density at radius 2 is 1.27 bits per heavy atom. The van der Waals surface area contributed by atoms with Gasteiger partial charge in [-0.05, 0) is 107 Å². The Balaban J connectivity index is 0.832. The van der Waals surface area contributed by atoms with Gasteiger partial charge < -0.3 is 63.4 Å². The van der Waals surface area contributed by atoms with Crippen LogP contribution in [0.2, 0.25) is 0 Å². The number of fused-ring (bicyclic) bond motifs is 5. The largest absolute Gasteiger partial charge is 0.458 e. The second-order valence-electron chi connectivity index (χ2n) is 19.0. The SMILES string of the molecule is CO[C@H]1[C@@H](O)C[C@H](O[C@H]2[C@@H](O)C[C@H](O[C@H]3[C@@H](O)C[C@H](O[C@H]4CC[C@@]5(C)C(CC[C@@H]6[C@@H]5C[C@@H](O)[C@]5(C)[C@@H](C7=CC(=O)OC7)CC[C@]65O)C4)O[C@@H]3C)O[C@@H]2C)O[C@@H]1C. The molecule has 8 aliphatic rings. The molecule has 0 aromatic rings. The number of carbonyl (C=O) groups is 1. The Morgan fingerprint density at radius 1 is 0.696 bits per heavy atom. The molecule has 4 aliphatic carbocycles. The highest BCUT2D eigenvalue weighted by Crippen LogP contribution is 2.70. The van der Waals surface area contributed by atoms with Crippen molar-refractivity contribution >= 4 is 5.97 Å². The second-order valence-corrected chi connectivity index (χ2v) is 19.0. The molecule has 318 valence electrons. The van der Waals surface area contributed by atoms with Crippen molar-refractivity contribution in [1.82, 2.24) is 0 Å². The van der Waals surface area contributed by atoms with Gasteiger partial charge in [0.15, 0.2) is 18.9 Å². The molecule has 0 amide bonds. The number of carbonyl (C=O) groups excluding carboxylic acids is 1. The lowest BCUT2D eigenvalue weighted by molar-refractivity contribution is -0.336. The van der Waals surface area contributed by atoms with Gasteiger partial charge in [-0.25, -0.2) is 4.79 Å². The molecule has 14 nitrogen and oxygen atoms in total. The van der Waals surface area contributed by atoms with E-state index in [4.69, 9.17) is 37.9 Å². The molecule has 4 aliphatic heterocycles. The summed E-state index contributed by atoms with van der Waals surface area (Å²) < 4.78 is 47.8. The van der Waals surface area contributed by atoms with Crippen molar-refractivity contribution in [2.75, 3.05) is 13.7 Å². The Hall–Kier alpha value is -1.27. The van der Waals surface area contributed by atoms with Gasteiger partial charge in [-0.2, -0.15) is 0 Å². The molecular formula is C42H66O14. The quantitative estimate of drug-likeness (QED) is 0.178. The van der Waals surface area contributed by atoms with E-state index in [0.717, 1.165) is 44.1 Å². The number of cyclic esters (lactones) is 1. The fourth-order valence-electron chi connectivity index (χ4n) is 13.1. The highest BCUT2D eigenvalue weighted by Gasteiger charge is 2.71. The normalized spacial score (nSPS) is 54.8. The number of methoxy groups -OCH3 is 1. The summed E-state index contributed by atoms with van der Waals surface area (Å²) in [6.45, 7) is 10.1. The minimum Gasteiger partial charge on any atom is -0.458 e. The smallest absolute Gasteiger partial charge is 0.331 e. The fraction of sp³-hybridized carbons (Fsp3) is 0.929. The van der Waals surface area contributed by atoms with Gasteiger partial charge in [0.25, 0.3) is 0 Å². The van der Waals surface area contributed by atoms with Crippen molar-refractivity contribution in [3.8, 4) is 0 Å². The molecule has 0 bridgehead atoms. The molecule has 21 atom stereocenters. The maximum Gasteiger partial charge on any atom is 0.331 e. The second kappa shape index (κ2) is 15.6. The molecular weight excluding hydrogens is 728 g/mol. The van der Waals surface area contributed by atoms with Crippen molar-refractivity contribution in [3.63, 3.8) is 0 Å². The van der Waals surface area contributed by atoms with Crippen LogP contribution in [0, 0.1) is 34.5 Å². The molecule has 1 unspecified atom stereocenters. The maximum atomic E-state index is 12.6. The van der Waals surface area contributed by atoms with E-state index in [2.05, 4.69) is 6.92 Å². The summed E-state index contributed by atoms with van der Waals surface area (Å²) in [5.41, 5.74) is -0.877. The average Bonchev–Trinajstić information content (AvgIpc) is 3.68. The van der Waals surface area contributed by atoms with Crippen LogP contribution in [0.5, 0.6) is 0 Å². The molecule has 0 spiro atoms. The van der Waals surface area contributed by atoms with Crippen LogP contribution in [0.25, 0.3) is 0 Å². The summed E-state index contributed by atoms with van der Waals surface area (Å²) in [5, 5.41) is 57.3. The number of aliphatic hydroxyl groups is 5. The van der Waals surface area contributed by atoms with Crippen molar-refractivity contribution in [1.29, 1.82) is 0 Å². The topological polar surface area (TPSA) is 192 Å². The summed E-state index contributed by atoms with van der Waals surface area (Å²) in [7, 11) is 1.53. The molecule has 4 heterocycles. The van der Waals surface area contributed by atoms with Crippen LogP contribution in [-0.4, -0.2) is 137 Å². The molecule has 0 radical (unpaired) electrons. The first-order valence-electron chi connectivity index (χ1n) is 21.3. The van der Waals surface area contributed by atoms with Crippen LogP contribution in [0.15, 0.2) is 11.6 Å². The Kier molecular flexibility index (Phi) is 11.6. The summed E-state index contributed by atoms with van der Waals surface area (Å²) in [4.78, 5) is 12.0. The van der Waals surface area contributed by atoms with Crippen LogP contribution in [-0.2, 0) is 42.7 Å². The van der Waals surface area contributed by atoms with E-state index in [1.54, 1.807) is 13.0 Å². The molecule has 4 saturated carbocycles. The molecule has 0 aromatic heterocycles. The standard InChI is InChI=1S/C42H66O14/c1-20-37(49-6)29(43)16-35(51-20)55-39-22(3)53-36(18-31(39)45)56-38-21(2)52-34(17-30(38)44)54-25-9-11-40(4)24(14-25)7-8-27-28(40)15-32(46)41(5)26(10-12-42(27,41)48)23-13-33(47)50-19-23/h13,20-22,24-32,34-39,43-46,48H,7-12,14-19H2,1-6H3/t20-,21-,22-,24?,25+,26-,27-,28+,29+,30+,31+,32-,34+,35+,36+,37-,38-,39-,40+,41+,42+/m1/s1. The zero-order chi connectivity index (χ0) is 39.9. The van der Waals surface area contributed by atoms with Gasteiger partial charge in [0, 0.05) is 37.9 Å². The minimum atomic E-state index is -1.01. The Bertz CT molecular complexity index is 1430. The van der Waals surface area contributed by atoms with Gasteiger partial charge in [-0.3, -0.25) is 0 Å². The first kappa shape index (κ1) is 41.5. The zero-order valence-electron chi connectivity index (χ0n) is 33.9. The van der Waals surface area contributed by atoms with E-state index >= 15 is 0 Å². The number of aliphatic hydroxyl groups excluding tert-OH is 4. The van der Waals surface area contributed by atoms with E-state index < -0.39 is 84.8 Å². The monoisotopic (exact) mass is 794 g/mol. The number of hydrogen-bond donors (Lipinski definition) is 5. The number of ether oxygens (including phenoxy) is 8. The molecule has 0 aromatic carbocycles. The molecule has 7 fully saturated rings. The predicted octanol–water partition coefficient (Wildman–Crippen LogP) is 2.87. The number of rotatable bonds is 8. The highest BCUT2D eigenvalue weighted by molar-refractivity contribution is 5.85. The van der Waals surface area contributed by atoms with Gasteiger partial charge in [0.1, 0.15) is 24.9 Å². The molecule has 8 rings (SSSR count). The Morgan fingerprint density at radius 3 is 1.80 bits per heavy atom. The van der Waals surface area contributed by atoms with Crippen LogP contribution in [0.3, 0.4) is 0 Å². The zero-order valence-corrected chi connectivity index (χ0v) is 33.9. The van der Waals surface area contributed by atoms with E-state index in [9.17, 15) is 30.3 Å². The van der Waals surface area contributed by atoms with Crippen molar-refractivity contribution < 1.29 is 68.2 Å². The lowest BCUT2D eigenvalue weighted by Crippen LogP contribution is -2.67. The van der Waals surface area contributed by atoms with Crippen molar-refractivity contribution in [2.45, 2.75) is 197 Å². The Labute approximate surface area is 330 Å². The van der Waals surface area contributed by atoms with Gasteiger partial charge in [0.2, 0.25) is 0 Å².